The molecule has 1 atom stereocenters. The summed E-state index contributed by atoms with van der Waals surface area (Å²) in [6.45, 7) is 2.67. The maximum atomic E-state index is 14.1. The molecule has 0 saturated heterocycles. The highest BCUT2D eigenvalue weighted by molar-refractivity contribution is 7.16. The van der Waals surface area contributed by atoms with Gasteiger partial charge in [0.2, 0.25) is 0 Å². The number of rotatable bonds is 19. The van der Waals surface area contributed by atoms with Gasteiger partial charge in [-0.1, -0.05) is 114 Å². The molecule has 4 aromatic rings. The van der Waals surface area contributed by atoms with Crippen molar-refractivity contribution in [3.05, 3.63) is 93.4 Å². The van der Waals surface area contributed by atoms with Gasteiger partial charge >= 0.3 is 0 Å². The molecule has 1 aromatic carbocycles. The number of anilines is 1. The SMILES string of the molecule is CCCCCCCCCCCCCCC(C(=O)c1ccc(=O)n(Cc2ccccc2)c1)c1sc(N)nc1-c1ccco1. The second-order valence-corrected chi connectivity index (χ2v) is 12.3. The van der Waals surface area contributed by atoms with Crippen molar-refractivity contribution in [2.75, 3.05) is 5.73 Å². The number of aromatic nitrogens is 2. The van der Waals surface area contributed by atoms with E-state index in [0.717, 1.165) is 23.3 Å². The van der Waals surface area contributed by atoms with E-state index in [0.29, 0.717) is 35.1 Å². The second kappa shape index (κ2) is 16.9. The van der Waals surface area contributed by atoms with Gasteiger partial charge in [0.1, 0.15) is 5.69 Å². The van der Waals surface area contributed by atoms with E-state index in [9.17, 15) is 9.59 Å². The zero-order valence-electron chi connectivity index (χ0n) is 24.9. The highest BCUT2D eigenvalue weighted by Crippen LogP contribution is 2.39. The first-order valence-corrected chi connectivity index (χ1v) is 16.5. The lowest BCUT2D eigenvalue weighted by Gasteiger charge is -2.17. The van der Waals surface area contributed by atoms with E-state index in [2.05, 4.69) is 11.9 Å². The number of carbonyl (C=O) groups is 1. The van der Waals surface area contributed by atoms with Gasteiger partial charge in [0.25, 0.3) is 5.56 Å². The second-order valence-electron chi connectivity index (χ2n) is 11.2. The number of unbranched alkanes of at least 4 members (excludes halogenated alkanes) is 11. The topological polar surface area (TPSA) is 91.1 Å². The van der Waals surface area contributed by atoms with Gasteiger partial charge in [-0.3, -0.25) is 9.59 Å². The average molecular weight is 588 g/mol. The summed E-state index contributed by atoms with van der Waals surface area (Å²) in [7, 11) is 0. The number of Topliss-reactive ketones (excluding diaryl/α,β-unsaturated/α-hetero) is 1. The molecule has 0 radical (unpaired) electrons. The number of ketones is 1. The number of nitrogens with two attached hydrogens (primary N) is 1. The number of nitrogens with zero attached hydrogens (tertiary/aromatic N) is 2. The van der Waals surface area contributed by atoms with Crippen molar-refractivity contribution in [3.8, 4) is 11.5 Å². The first kappa shape index (κ1) is 31.5. The summed E-state index contributed by atoms with van der Waals surface area (Å²) in [4.78, 5) is 32.2. The smallest absolute Gasteiger partial charge is 0.250 e. The lowest BCUT2D eigenvalue weighted by Crippen LogP contribution is -2.22. The standard InChI is InChI=1S/C35H45N3O3S/c1-2-3-4-5-6-7-8-9-10-11-12-16-20-29(34-32(37-35(36)42-34)30-21-17-24-41-30)33(40)28-22-23-31(39)38(26-28)25-27-18-14-13-15-19-27/h13-15,17-19,21-24,26,29H,2-12,16,20,25H2,1H3,(H2,36,37). The summed E-state index contributed by atoms with van der Waals surface area (Å²) >= 11 is 1.36. The molecule has 0 aliphatic rings. The molecular formula is C35H45N3O3S. The van der Waals surface area contributed by atoms with E-state index >= 15 is 0 Å². The summed E-state index contributed by atoms with van der Waals surface area (Å²) < 4.78 is 7.27. The van der Waals surface area contributed by atoms with Crippen LogP contribution in [0.15, 0.2) is 76.3 Å². The van der Waals surface area contributed by atoms with E-state index in [1.54, 1.807) is 23.1 Å². The van der Waals surface area contributed by atoms with Crippen molar-refractivity contribution >= 4 is 22.3 Å². The molecule has 7 heteroatoms. The lowest BCUT2D eigenvalue weighted by atomic mass is 9.90. The predicted molar refractivity (Wildman–Crippen MR) is 173 cm³/mol. The van der Waals surface area contributed by atoms with Gasteiger partial charge in [-0.25, -0.2) is 4.98 Å². The maximum absolute atomic E-state index is 14.1. The summed E-state index contributed by atoms with van der Waals surface area (Å²) in [5.74, 6) is 0.182. The van der Waals surface area contributed by atoms with Crippen LogP contribution in [0.1, 0.15) is 117 Å². The van der Waals surface area contributed by atoms with E-state index in [-0.39, 0.29) is 11.3 Å². The number of carbonyl (C=O) groups excluding carboxylic acids is 1. The Morgan fingerprint density at radius 1 is 0.881 bits per heavy atom. The summed E-state index contributed by atoms with van der Waals surface area (Å²) in [6, 6.07) is 16.6. The molecular weight excluding hydrogens is 542 g/mol. The third-order valence-electron chi connectivity index (χ3n) is 7.87. The normalized spacial score (nSPS) is 12.0. The first-order valence-electron chi connectivity index (χ1n) is 15.7. The van der Waals surface area contributed by atoms with Crippen LogP contribution in [0.2, 0.25) is 0 Å². The Morgan fingerprint density at radius 2 is 1.55 bits per heavy atom. The Labute approximate surface area is 254 Å². The number of benzene rings is 1. The molecule has 6 nitrogen and oxygen atoms in total. The highest BCUT2D eigenvalue weighted by Gasteiger charge is 2.29. The number of pyridine rings is 1. The summed E-state index contributed by atoms with van der Waals surface area (Å²) in [6.07, 6.45) is 19.1. The molecule has 0 saturated carbocycles. The highest BCUT2D eigenvalue weighted by atomic mass is 32.1. The van der Waals surface area contributed by atoms with Gasteiger partial charge < -0.3 is 14.7 Å². The Morgan fingerprint density at radius 3 is 2.19 bits per heavy atom. The van der Waals surface area contributed by atoms with Gasteiger partial charge in [-0.2, -0.15) is 0 Å². The summed E-state index contributed by atoms with van der Waals surface area (Å²) in [5, 5.41) is 0.415. The van der Waals surface area contributed by atoms with Crippen LogP contribution in [0.3, 0.4) is 0 Å². The van der Waals surface area contributed by atoms with E-state index in [4.69, 9.17) is 10.2 Å². The zero-order valence-corrected chi connectivity index (χ0v) is 25.7. The number of thiazole rings is 1. The Kier molecular flexibility index (Phi) is 12.6. The average Bonchev–Trinajstić information content (AvgIpc) is 3.67. The fourth-order valence-electron chi connectivity index (χ4n) is 5.53. The fraction of sp³-hybridized carbons (Fsp3) is 0.457. The van der Waals surface area contributed by atoms with Crippen LogP contribution in [-0.4, -0.2) is 15.3 Å². The van der Waals surface area contributed by atoms with Crippen LogP contribution < -0.4 is 11.3 Å². The third-order valence-corrected chi connectivity index (χ3v) is 8.87. The van der Waals surface area contributed by atoms with Crippen molar-refractivity contribution in [1.29, 1.82) is 0 Å². The molecule has 3 heterocycles. The van der Waals surface area contributed by atoms with E-state index in [1.165, 1.54) is 81.6 Å². The quantitative estimate of drug-likeness (QED) is 0.0872. The van der Waals surface area contributed by atoms with Gasteiger partial charge in [-0.15, -0.1) is 11.3 Å². The van der Waals surface area contributed by atoms with E-state index < -0.39 is 5.92 Å². The zero-order chi connectivity index (χ0) is 29.6. The number of furan rings is 1. The van der Waals surface area contributed by atoms with Crippen molar-refractivity contribution in [2.45, 2.75) is 103 Å². The Hall–Kier alpha value is -3.45. The first-order chi connectivity index (χ1) is 20.6. The molecule has 0 amide bonds. The molecule has 224 valence electrons. The predicted octanol–water partition coefficient (Wildman–Crippen LogP) is 9.25. The minimum atomic E-state index is -0.411. The number of nitrogen functional groups attached to an aromatic ring is 1. The van der Waals surface area contributed by atoms with Gasteiger partial charge in [0.15, 0.2) is 16.7 Å². The molecule has 2 N–H and O–H groups in total. The molecule has 0 fully saturated rings. The van der Waals surface area contributed by atoms with Gasteiger partial charge in [0, 0.05) is 22.7 Å². The van der Waals surface area contributed by atoms with E-state index in [1.807, 2.05) is 42.5 Å². The van der Waals surface area contributed by atoms with Gasteiger partial charge in [-0.05, 0) is 30.2 Å². The molecule has 0 aliphatic heterocycles. The minimum absolute atomic E-state index is 0.0173. The molecule has 0 bridgehead atoms. The van der Waals surface area contributed by atoms with Crippen LogP contribution in [0.4, 0.5) is 5.13 Å². The minimum Gasteiger partial charge on any atom is -0.463 e. The Bertz CT molecular complexity index is 1410. The van der Waals surface area contributed by atoms with Crippen molar-refractivity contribution in [2.24, 2.45) is 0 Å². The molecule has 1 unspecified atom stereocenters. The maximum Gasteiger partial charge on any atom is 0.250 e. The lowest BCUT2D eigenvalue weighted by molar-refractivity contribution is 0.0954. The molecule has 0 spiro atoms. The van der Waals surface area contributed by atoms with Crippen molar-refractivity contribution in [3.63, 3.8) is 0 Å². The summed E-state index contributed by atoms with van der Waals surface area (Å²) in [5.41, 5.74) is 8.20. The van der Waals surface area contributed by atoms with Crippen LogP contribution in [0.25, 0.3) is 11.5 Å². The number of hydrogen-bond donors (Lipinski definition) is 1. The monoisotopic (exact) mass is 587 g/mol. The van der Waals surface area contributed by atoms with Crippen LogP contribution in [-0.2, 0) is 6.54 Å². The fourth-order valence-corrected chi connectivity index (χ4v) is 6.50. The Balaban J connectivity index is 1.42. The van der Waals surface area contributed by atoms with Crippen LogP contribution >= 0.6 is 11.3 Å². The molecule has 4 rings (SSSR count). The van der Waals surface area contributed by atoms with Crippen LogP contribution in [0.5, 0.6) is 0 Å². The molecule has 42 heavy (non-hydrogen) atoms. The van der Waals surface area contributed by atoms with Gasteiger partial charge in [0.05, 0.1) is 18.7 Å². The number of hydrogen-bond acceptors (Lipinski definition) is 6. The third kappa shape index (κ3) is 9.28. The molecule has 0 aliphatic carbocycles. The van der Waals surface area contributed by atoms with Crippen molar-refractivity contribution < 1.29 is 9.21 Å². The van der Waals surface area contributed by atoms with Crippen LogP contribution in [0, 0.1) is 0 Å². The largest absolute Gasteiger partial charge is 0.463 e. The molecule has 3 aromatic heterocycles. The van der Waals surface area contributed by atoms with Crippen molar-refractivity contribution in [1.82, 2.24) is 9.55 Å².